The topological polar surface area (TPSA) is 86.5 Å². The van der Waals surface area contributed by atoms with Crippen LogP contribution in [0, 0.1) is 5.82 Å². The van der Waals surface area contributed by atoms with Crippen LogP contribution in [0.1, 0.15) is 15.9 Å². The van der Waals surface area contributed by atoms with E-state index in [-0.39, 0.29) is 11.5 Å². The molecule has 29 heavy (non-hydrogen) atoms. The number of para-hydroxylation sites is 1. The smallest absolute Gasteiger partial charge is 0.251 e. The molecular weight excluding hydrogens is 373 g/mol. The van der Waals surface area contributed by atoms with Crippen molar-refractivity contribution in [2.75, 3.05) is 26.5 Å². The third-order valence-corrected chi connectivity index (χ3v) is 4.49. The average molecular weight is 395 g/mol. The Hall–Kier alpha value is -3.61. The number of halogens is 1. The summed E-state index contributed by atoms with van der Waals surface area (Å²) in [5, 5.41) is 2.81. The molecule has 0 spiro atoms. The Labute approximate surface area is 168 Å². The number of pyridine rings is 1. The quantitative estimate of drug-likeness (QED) is 0.640. The molecule has 150 valence electrons. The number of nitrogens with one attached hydrogen (secondary N) is 1. The van der Waals surface area contributed by atoms with Gasteiger partial charge in [0.1, 0.15) is 5.82 Å². The summed E-state index contributed by atoms with van der Waals surface area (Å²) in [6, 6.07) is 11.4. The summed E-state index contributed by atoms with van der Waals surface area (Å²) in [4.78, 5) is 16.5. The number of carbonyl (C=O) groups is 1. The van der Waals surface area contributed by atoms with Crippen molar-refractivity contribution in [3.05, 3.63) is 71.8 Å². The van der Waals surface area contributed by atoms with E-state index in [2.05, 4.69) is 10.3 Å². The van der Waals surface area contributed by atoms with E-state index < -0.39 is 5.82 Å². The molecule has 7 heteroatoms. The summed E-state index contributed by atoms with van der Waals surface area (Å²) < 4.78 is 24.8. The van der Waals surface area contributed by atoms with Gasteiger partial charge in [0.15, 0.2) is 11.5 Å². The van der Waals surface area contributed by atoms with E-state index in [1.165, 1.54) is 18.3 Å². The van der Waals surface area contributed by atoms with Crippen LogP contribution in [0.4, 0.5) is 10.1 Å². The standard InChI is InChI=1S/C22H22FN3O3/c1-28-20-5-3-4-14(21(20)29-2)6-9-26-22(27)16-10-15(11-17(23)12-16)18-7-8-25-13-19(18)24/h3-5,7-8,10-13H,6,9,24H2,1-2H3,(H,26,27). The van der Waals surface area contributed by atoms with Crippen molar-refractivity contribution in [1.82, 2.24) is 10.3 Å². The van der Waals surface area contributed by atoms with Crippen LogP contribution in [-0.2, 0) is 6.42 Å². The van der Waals surface area contributed by atoms with Crippen LogP contribution in [0.15, 0.2) is 54.9 Å². The van der Waals surface area contributed by atoms with E-state index in [0.717, 1.165) is 5.56 Å². The number of amides is 1. The fourth-order valence-corrected chi connectivity index (χ4v) is 3.11. The first-order valence-electron chi connectivity index (χ1n) is 9.02. The lowest BCUT2D eigenvalue weighted by Crippen LogP contribution is -2.26. The van der Waals surface area contributed by atoms with Gasteiger partial charge in [0.2, 0.25) is 0 Å². The van der Waals surface area contributed by atoms with E-state index in [1.807, 2.05) is 12.1 Å². The number of nitrogens with two attached hydrogens (primary N) is 1. The van der Waals surface area contributed by atoms with Crippen LogP contribution < -0.4 is 20.5 Å². The maximum atomic E-state index is 14.1. The molecule has 0 radical (unpaired) electrons. The molecule has 3 aromatic rings. The Kier molecular flexibility index (Phi) is 6.29. The Morgan fingerprint density at radius 2 is 2.00 bits per heavy atom. The van der Waals surface area contributed by atoms with E-state index >= 15 is 0 Å². The molecule has 0 bridgehead atoms. The molecule has 0 atom stereocenters. The summed E-state index contributed by atoms with van der Waals surface area (Å²) in [5.41, 5.74) is 8.58. The minimum atomic E-state index is -0.515. The highest BCUT2D eigenvalue weighted by atomic mass is 19.1. The fourth-order valence-electron chi connectivity index (χ4n) is 3.11. The van der Waals surface area contributed by atoms with E-state index in [4.69, 9.17) is 15.2 Å². The number of aromatic nitrogens is 1. The van der Waals surface area contributed by atoms with Gasteiger partial charge in [0.25, 0.3) is 5.91 Å². The minimum Gasteiger partial charge on any atom is -0.493 e. The van der Waals surface area contributed by atoms with Crippen molar-refractivity contribution >= 4 is 11.6 Å². The second-order valence-corrected chi connectivity index (χ2v) is 6.35. The Morgan fingerprint density at radius 1 is 1.17 bits per heavy atom. The highest BCUT2D eigenvalue weighted by Crippen LogP contribution is 2.31. The van der Waals surface area contributed by atoms with Crippen molar-refractivity contribution in [1.29, 1.82) is 0 Å². The molecule has 0 aliphatic heterocycles. The second-order valence-electron chi connectivity index (χ2n) is 6.35. The first kappa shape index (κ1) is 20.1. The second kappa shape index (κ2) is 9.05. The largest absolute Gasteiger partial charge is 0.493 e. The van der Waals surface area contributed by atoms with Gasteiger partial charge in [-0.2, -0.15) is 0 Å². The molecule has 0 aliphatic rings. The van der Waals surface area contributed by atoms with Crippen LogP contribution in [-0.4, -0.2) is 31.7 Å². The van der Waals surface area contributed by atoms with E-state index in [1.54, 1.807) is 38.6 Å². The lowest BCUT2D eigenvalue weighted by atomic mass is 10.0. The number of nitrogens with zero attached hydrogens (tertiary/aromatic N) is 1. The first-order chi connectivity index (χ1) is 14.0. The number of ether oxygens (including phenoxy) is 2. The van der Waals surface area contributed by atoms with Gasteiger partial charge >= 0.3 is 0 Å². The Balaban J connectivity index is 1.73. The number of carbonyl (C=O) groups excluding carboxylic acids is 1. The maximum absolute atomic E-state index is 14.1. The highest BCUT2D eigenvalue weighted by molar-refractivity contribution is 5.96. The lowest BCUT2D eigenvalue weighted by molar-refractivity contribution is 0.0953. The number of hydrogen-bond acceptors (Lipinski definition) is 5. The van der Waals surface area contributed by atoms with Gasteiger partial charge in [-0.15, -0.1) is 0 Å². The van der Waals surface area contributed by atoms with Gasteiger partial charge in [-0.3, -0.25) is 9.78 Å². The molecule has 1 heterocycles. The summed E-state index contributed by atoms with van der Waals surface area (Å²) in [6.45, 7) is 0.353. The number of nitrogen functional groups attached to an aromatic ring is 1. The van der Waals surface area contributed by atoms with Crippen molar-refractivity contribution < 1.29 is 18.7 Å². The van der Waals surface area contributed by atoms with Gasteiger partial charge in [-0.05, 0) is 47.9 Å². The van der Waals surface area contributed by atoms with Crippen LogP contribution in [0.3, 0.4) is 0 Å². The molecule has 0 unspecified atom stereocenters. The van der Waals surface area contributed by atoms with Gasteiger partial charge in [0, 0.05) is 23.9 Å². The molecular formula is C22H22FN3O3. The molecule has 6 nitrogen and oxygen atoms in total. The van der Waals surface area contributed by atoms with Crippen LogP contribution in [0.25, 0.3) is 11.1 Å². The zero-order chi connectivity index (χ0) is 20.8. The molecule has 0 saturated carbocycles. The summed E-state index contributed by atoms with van der Waals surface area (Å²) in [6.07, 6.45) is 3.59. The van der Waals surface area contributed by atoms with Crippen LogP contribution >= 0.6 is 0 Å². The SMILES string of the molecule is COc1cccc(CCNC(=O)c2cc(F)cc(-c3ccncc3N)c2)c1OC. The molecule has 0 saturated heterocycles. The molecule has 3 rings (SSSR count). The van der Waals surface area contributed by atoms with Crippen molar-refractivity contribution in [2.45, 2.75) is 6.42 Å². The molecule has 2 aromatic carbocycles. The van der Waals surface area contributed by atoms with Crippen molar-refractivity contribution in [3.8, 4) is 22.6 Å². The first-order valence-corrected chi connectivity index (χ1v) is 9.02. The predicted molar refractivity (Wildman–Crippen MR) is 110 cm³/mol. The van der Waals surface area contributed by atoms with Gasteiger partial charge in [-0.1, -0.05) is 12.1 Å². The monoisotopic (exact) mass is 395 g/mol. The zero-order valence-electron chi connectivity index (χ0n) is 16.2. The number of hydrogen-bond donors (Lipinski definition) is 2. The minimum absolute atomic E-state index is 0.216. The van der Waals surface area contributed by atoms with E-state index in [9.17, 15) is 9.18 Å². The van der Waals surface area contributed by atoms with E-state index in [0.29, 0.717) is 41.3 Å². The number of rotatable bonds is 7. The number of methoxy groups -OCH3 is 2. The van der Waals surface area contributed by atoms with Gasteiger partial charge in [0.05, 0.1) is 26.1 Å². The average Bonchev–Trinajstić information content (AvgIpc) is 2.73. The Bertz CT molecular complexity index is 1020. The normalized spacial score (nSPS) is 10.4. The molecule has 0 fully saturated rings. The van der Waals surface area contributed by atoms with Gasteiger partial charge < -0.3 is 20.5 Å². The third-order valence-electron chi connectivity index (χ3n) is 4.49. The molecule has 0 aliphatic carbocycles. The summed E-state index contributed by atoms with van der Waals surface area (Å²) >= 11 is 0. The number of benzene rings is 2. The zero-order valence-corrected chi connectivity index (χ0v) is 16.2. The molecule has 1 amide bonds. The van der Waals surface area contributed by atoms with Crippen LogP contribution in [0.5, 0.6) is 11.5 Å². The third kappa shape index (κ3) is 4.63. The summed E-state index contributed by atoms with van der Waals surface area (Å²) in [5.74, 6) is 0.366. The predicted octanol–water partition coefficient (Wildman–Crippen LogP) is 3.46. The maximum Gasteiger partial charge on any atom is 0.251 e. The lowest BCUT2D eigenvalue weighted by Gasteiger charge is -2.13. The Morgan fingerprint density at radius 3 is 2.72 bits per heavy atom. The van der Waals surface area contributed by atoms with Crippen LogP contribution in [0.2, 0.25) is 0 Å². The highest BCUT2D eigenvalue weighted by Gasteiger charge is 2.13. The summed E-state index contributed by atoms with van der Waals surface area (Å²) in [7, 11) is 3.14. The van der Waals surface area contributed by atoms with Crippen molar-refractivity contribution in [2.24, 2.45) is 0 Å². The van der Waals surface area contributed by atoms with Crippen molar-refractivity contribution in [3.63, 3.8) is 0 Å². The number of anilines is 1. The fraction of sp³-hybridized carbons (Fsp3) is 0.182. The molecule has 3 N–H and O–H groups in total. The van der Waals surface area contributed by atoms with Gasteiger partial charge in [-0.25, -0.2) is 4.39 Å². The molecule has 1 aromatic heterocycles.